The number of halogens is 3. The molecular weight excluding hydrogens is 363 g/mol. The number of hydrogen-bond acceptors (Lipinski definition) is 5. The number of morpholine rings is 1. The third kappa shape index (κ3) is 3.15. The quantitative estimate of drug-likeness (QED) is 0.820. The molecule has 2 heterocycles. The van der Waals surface area contributed by atoms with Crippen LogP contribution in [0.3, 0.4) is 0 Å². The van der Waals surface area contributed by atoms with Gasteiger partial charge in [0.25, 0.3) is 9.84 Å². The third-order valence-electron chi connectivity index (χ3n) is 3.73. The maximum Gasteiger partial charge on any atom is 0.501 e. The lowest BCUT2D eigenvalue weighted by Crippen LogP contribution is -2.39. The van der Waals surface area contributed by atoms with Crippen LogP contribution < -0.4 is 4.90 Å². The molecule has 1 aliphatic heterocycles. The standard InChI is InChI=1S/C15H14F3NO3S2/c16-15(17,18)24(20,21)14-6-2-1-4-11(14)19-7-8-22-12(10-19)13-5-3-9-23-13/h1-6,9,12H,7-8,10H2. The summed E-state index contributed by atoms with van der Waals surface area (Å²) in [5.74, 6) is 0. The van der Waals surface area contributed by atoms with Crippen molar-refractivity contribution in [2.75, 3.05) is 24.6 Å². The molecule has 0 aliphatic carbocycles. The second-order valence-electron chi connectivity index (χ2n) is 5.24. The van der Waals surface area contributed by atoms with Gasteiger partial charge in [-0.2, -0.15) is 13.2 Å². The maximum atomic E-state index is 12.9. The second-order valence-corrected chi connectivity index (χ2v) is 8.13. The van der Waals surface area contributed by atoms with E-state index in [1.54, 1.807) is 4.90 Å². The lowest BCUT2D eigenvalue weighted by atomic mass is 10.2. The van der Waals surface area contributed by atoms with Crippen LogP contribution in [0.15, 0.2) is 46.7 Å². The van der Waals surface area contributed by atoms with Crippen molar-refractivity contribution in [3.63, 3.8) is 0 Å². The molecule has 9 heteroatoms. The fraction of sp³-hybridized carbons (Fsp3) is 0.333. The van der Waals surface area contributed by atoms with Gasteiger partial charge in [-0.25, -0.2) is 8.42 Å². The molecule has 0 saturated carbocycles. The van der Waals surface area contributed by atoms with Gasteiger partial charge in [0, 0.05) is 18.0 Å². The van der Waals surface area contributed by atoms with Gasteiger partial charge in [0.05, 0.1) is 17.2 Å². The number of anilines is 1. The summed E-state index contributed by atoms with van der Waals surface area (Å²) in [6.07, 6.45) is -0.291. The van der Waals surface area contributed by atoms with Gasteiger partial charge in [-0.05, 0) is 23.6 Å². The number of para-hydroxylation sites is 1. The fourth-order valence-corrected chi connectivity index (χ4v) is 4.33. The topological polar surface area (TPSA) is 46.6 Å². The molecule has 2 aromatic rings. The van der Waals surface area contributed by atoms with Crippen LogP contribution in [0.25, 0.3) is 0 Å². The third-order valence-corrected chi connectivity index (χ3v) is 6.23. The molecule has 0 N–H and O–H groups in total. The fourth-order valence-electron chi connectivity index (χ4n) is 2.59. The normalized spacial score (nSPS) is 19.5. The van der Waals surface area contributed by atoms with E-state index in [1.807, 2.05) is 17.5 Å². The van der Waals surface area contributed by atoms with Gasteiger partial charge in [0.1, 0.15) is 6.10 Å². The Kier molecular flexibility index (Phi) is 4.58. The van der Waals surface area contributed by atoms with Gasteiger partial charge in [0.2, 0.25) is 0 Å². The Bertz CT molecular complexity index is 804. The van der Waals surface area contributed by atoms with E-state index < -0.39 is 20.2 Å². The summed E-state index contributed by atoms with van der Waals surface area (Å²) in [6.45, 7) is 0.931. The molecule has 0 bridgehead atoms. The highest BCUT2D eigenvalue weighted by atomic mass is 32.2. The van der Waals surface area contributed by atoms with Crippen molar-refractivity contribution in [3.05, 3.63) is 46.7 Å². The first-order valence-electron chi connectivity index (χ1n) is 7.11. The van der Waals surface area contributed by atoms with E-state index in [0.717, 1.165) is 10.9 Å². The molecule has 4 nitrogen and oxygen atoms in total. The number of hydrogen-bond donors (Lipinski definition) is 0. The Hall–Kier alpha value is -1.58. The highest BCUT2D eigenvalue weighted by Gasteiger charge is 2.48. The van der Waals surface area contributed by atoms with Crippen molar-refractivity contribution in [2.24, 2.45) is 0 Å². The number of thiophene rings is 1. The molecule has 1 aromatic carbocycles. The van der Waals surface area contributed by atoms with Gasteiger partial charge in [-0.3, -0.25) is 0 Å². The van der Waals surface area contributed by atoms with E-state index in [0.29, 0.717) is 19.7 Å². The lowest BCUT2D eigenvalue weighted by Gasteiger charge is -2.35. The Balaban J connectivity index is 1.96. The monoisotopic (exact) mass is 377 g/mol. The minimum atomic E-state index is -5.41. The average molecular weight is 377 g/mol. The summed E-state index contributed by atoms with van der Waals surface area (Å²) < 4.78 is 68.2. The largest absolute Gasteiger partial charge is 0.501 e. The molecule has 1 saturated heterocycles. The van der Waals surface area contributed by atoms with Crippen LogP contribution in [-0.4, -0.2) is 33.6 Å². The predicted octanol–water partition coefficient (Wildman–Crippen LogP) is 3.62. The van der Waals surface area contributed by atoms with E-state index in [2.05, 4.69) is 0 Å². The SMILES string of the molecule is O=S(=O)(c1ccccc1N1CCOC(c2cccs2)C1)C(F)(F)F. The molecule has 1 aromatic heterocycles. The highest BCUT2D eigenvalue weighted by Crippen LogP contribution is 2.37. The molecule has 130 valence electrons. The van der Waals surface area contributed by atoms with E-state index in [1.165, 1.54) is 29.5 Å². The summed E-state index contributed by atoms with van der Waals surface area (Å²) in [6, 6.07) is 8.96. The minimum Gasteiger partial charge on any atom is -0.369 e. The van der Waals surface area contributed by atoms with Crippen LogP contribution >= 0.6 is 11.3 Å². The smallest absolute Gasteiger partial charge is 0.369 e. The van der Waals surface area contributed by atoms with Gasteiger partial charge in [-0.15, -0.1) is 11.3 Å². The minimum absolute atomic E-state index is 0.0553. The summed E-state index contributed by atoms with van der Waals surface area (Å²) in [7, 11) is -5.41. The molecule has 1 aliphatic rings. The van der Waals surface area contributed by atoms with Crippen molar-refractivity contribution >= 4 is 26.9 Å². The summed E-state index contributed by atoms with van der Waals surface area (Å²) in [5, 5.41) is 1.89. The number of rotatable bonds is 3. The zero-order valence-electron chi connectivity index (χ0n) is 12.4. The number of ether oxygens (including phenoxy) is 1. The van der Waals surface area contributed by atoms with Crippen LogP contribution in [-0.2, 0) is 14.6 Å². The average Bonchev–Trinajstić information content (AvgIpc) is 3.08. The van der Waals surface area contributed by atoms with Gasteiger partial charge < -0.3 is 9.64 Å². The van der Waals surface area contributed by atoms with E-state index in [-0.39, 0.29) is 11.8 Å². The Morgan fingerprint density at radius 1 is 1.17 bits per heavy atom. The molecule has 0 radical (unpaired) electrons. The molecule has 1 atom stereocenters. The first-order chi connectivity index (χ1) is 11.3. The number of alkyl halides is 3. The van der Waals surface area contributed by atoms with Crippen LogP contribution in [0.2, 0.25) is 0 Å². The lowest BCUT2D eigenvalue weighted by molar-refractivity contribution is -0.0435. The molecule has 24 heavy (non-hydrogen) atoms. The van der Waals surface area contributed by atoms with Crippen molar-refractivity contribution in [2.45, 2.75) is 16.5 Å². The number of benzene rings is 1. The van der Waals surface area contributed by atoms with Crippen molar-refractivity contribution < 1.29 is 26.3 Å². The zero-order valence-corrected chi connectivity index (χ0v) is 14.0. The molecule has 0 spiro atoms. The van der Waals surface area contributed by atoms with E-state index in [9.17, 15) is 21.6 Å². The highest BCUT2D eigenvalue weighted by molar-refractivity contribution is 7.92. The van der Waals surface area contributed by atoms with Crippen LogP contribution in [0.1, 0.15) is 11.0 Å². The van der Waals surface area contributed by atoms with Crippen molar-refractivity contribution in [3.8, 4) is 0 Å². The van der Waals surface area contributed by atoms with Crippen molar-refractivity contribution in [1.82, 2.24) is 0 Å². The van der Waals surface area contributed by atoms with Crippen LogP contribution in [0.5, 0.6) is 0 Å². The van der Waals surface area contributed by atoms with Gasteiger partial charge >= 0.3 is 5.51 Å². The first kappa shape index (κ1) is 17.2. The van der Waals surface area contributed by atoms with Gasteiger partial charge in [0.15, 0.2) is 0 Å². The maximum absolute atomic E-state index is 12.9. The Labute approximate surface area is 141 Å². The Morgan fingerprint density at radius 3 is 2.58 bits per heavy atom. The molecule has 1 unspecified atom stereocenters. The second kappa shape index (κ2) is 6.38. The molecule has 3 rings (SSSR count). The Morgan fingerprint density at radius 2 is 1.92 bits per heavy atom. The van der Waals surface area contributed by atoms with E-state index in [4.69, 9.17) is 4.74 Å². The number of nitrogens with zero attached hydrogens (tertiary/aromatic N) is 1. The van der Waals surface area contributed by atoms with E-state index >= 15 is 0 Å². The summed E-state index contributed by atoms with van der Waals surface area (Å²) in [5.41, 5.74) is -5.28. The van der Waals surface area contributed by atoms with Crippen LogP contribution in [0.4, 0.5) is 18.9 Å². The number of sulfone groups is 1. The molecular formula is C15H14F3NO3S2. The molecule has 0 amide bonds. The van der Waals surface area contributed by atoms with Crippen LogP contribution in [0, 0.1) is 0 Å². The van der Waals surface area contributed by atoms with Crippen molar-refractivity contribution in [1.29, 1.82) is 0 Å². The molecule has 1 fully saturated rings. The predicted molar refractivity (Wildman–Crippen MR) is 84.9 cm³/mol. The zero-order chi connectivity index (χ0) is 17.4. The van der Waals surface area contributed by atoms with Gasteiger partial charge in [-0.1, -0.05) is 18.2 Å². The summed E-state index contributed by atoms with van der Waals surface area (Å²) in [4.78, 5) is 1.87. The first-order valence-corrected chi connectivity index (χ1v) is 9.47. The summed E-state index contributed by atoms with van der Waals surface area (Å²) >= 11 is 1.49.